The quantitative estimate of drug-likeness (QED) is 0.394. The molecule has 0 atom stereocenters. The molecule has 2 aromatic rings. The van der Waals surface area contributed by atoms with Gasteiger partial charge in [0.15, 0.2) is 0 Å². The number of amides is 2. The zero-order chi connectivity index (χ0) is 22.2. The molecule has 1 aliphatic heterocycles. The van der Waals surface area contributed by atoms with Crippen molar-refractivity contribution in [2.75, 3.05) is 25.0 Å². The van der Waals surface area contributed by atoms with E-state index in [2.05, 4.69) is 56.3 Å². The first-order valence-electron chi connectivity index (χ1n) is 11.2. The Kier molecular flexibility index (Phi) is 7.90. The Morgan fingerprint density at radius 1 is 1.03 bits per heavy atom. The second kappa shape index (κ2) is 11.2. The number of benzene rings is 1. The molecule has 0 spiro atoms. The predicted octanol–water partition coefficient (Wildman–Crippen LogP) is 3.85. The number of nitrogens with zero attached hydrogens (tertiary/aromatic N) is 2. The Hall–Kier alpha value is -2.71. The topological polar surface area (TPSA) is 96.0 Å². The van der Waals surface area contributed by atoms with E-state index in [9.17, 15) is 9.59 Å². The van der Waals surface area contributed by atoms with Crippen LogP contribution in [0.4, 0.5) is 10.7 Å². The number of imide groups is 1. The molecule has 0 bridgehead atoms. The largest absolute Gasteiger partial charge is 0.354 e. The molecule has 1 aliphatic carbocycles. The van der Waals surface area contributed by atoms with Crippen molar-refractivity contribution in [2.24, 2.45) is 11.8 Å². The van der Waals surface area contributed by atoms with Crippen LogP contribution in [-0.2, 0) is 11.2 Å². The van der Waals surface area contributed by atoms with E-state index in [0.717, 1.165) is 43.7 Å². The van der Waals surface area contributed by atoms with Crippen molar-refractivity contribution in [1.82, 2.24) is 20.6 Å². The summed E-state index contributed by atoms with van der Waals surface area (Å²) in [6, 6.07) is 12.3. The summed E-state index contributed by atoms with van der Waals surface area (Å²) in [6.07, 6.45) is 9.28. The molecular weight excluding hydrogens is 422 g/mol. The molecule has 4 rings (SSSR count). The van der Waals surface area contributed by atoms with E-state index in [1.807, 2.05) is 0 Å². The summed E-state index contributed by atoms with van der Waals surface area (Å²) in [5, 5.41) is 8.87. The fourth-order valence-corrected chi connectivity index (χ4v) is 4.82. The molecule has 2 heterocycles. The van der Waals surface area contributed by atoms with Crippen molar-refractivity contribution in [3.05, 3.63) is 58.8 Å². The third-order valence-electron chi connectivity index (χ3n) is 5.98. The Morgan fingerprint density at radius 3 is 2.50 bits per heavy atom. The van der Waals surface area contributed by atoms with Crippen molar-refractivity contribution in [2.45, 2.75) is 32.1 Å². The molecule has 0 radical (unpaired) electrons. The van der Waals surface area contributed by atoms with E-state index in [1.54, 1.807) is 18.3 Å². The highest BCUT2D eigenvalue weighted by molar-refractivity contribution is 8.18. The second-order valence-electron chi connectivity index (χ2n) is 8.36. The van der Waals surface area contributed by atoms with Gasteiger partial charge in [0, 0.05) is 12.7 Å². The smallest absolute Gasteiger partial charge is 0.290 e. The number of aromatic nitrogens is 2. The molecule has 2 amide bonds. The average Bonchev–Trinajstić information content (AvgIpc) is 3.13. The number of nitrogens with one attached hydrogen (secondary N) is 3. The molecule has 7 nitrogen and oxygen atoms in total. The molecule has 1 saturated carbocycles. The molecule has 2 aliphatic rings. The van der Waals surface area contributed by atoms with Gasteiger partial charge in [-0.05, 0) is 86.5 Å². The summed E-state index contributed by atoms with van der Waals surface area (Å²) < 4.78 is 0. The molecule has 0 unspecified atom stereocenters. The highest BCUT2D eigenvalue weighted by Crippen LogP contribution is 2.29. The molecule has 2 fully saturated rings. The van der Waals surface area contributed by atoms with Crippen LogP contribution in [0, 0.1) is 11.8 Å². The van der Waals surface area contributed by atoms with Crippen molar-refractivity contribution < 1.29 is 9.59 Å². The minimum absolute atomic E-state index is 0.351. The van der Waals surface area contributed by atoms with Gasteiger partial charge < -0.3 is 10.6 Å². The lowest BCUT2D eigenvalue weighted by atomic mass is 9.82. The number of anilines is 1. The Labute approximate surface area is 192 Å². The maximum atomic E-state index is 11.7. The van der Waals surface area contributed by atoms with Crippen LogP contribution >= 0.6 is 11.8 Å². The maximum absolute atomic E-state index is 11.7. The van der Waals surface area contributed by atoms with Crippen LogP contribution in [-0.4, -0.2) is 40.7 Å². The van der Waals surface area contributed by atoms with Crippen molar-refractivity contribution in [1.29, 1.82) is 0 Å². The van der Waals surface area contributed by atoms with Crippen molar-refractivity contribution in [3.8, 4) is 0 Å². The lowest BCUT2D eigenvalue weighted by Crippen LogP contribution is -2.29. The summed E-state index contributed by atoms with van der Waals surface area (Å²) in [5.41, 5.74) is 2.00. The number of hydrogen-bond donors (Lipinski definition) is 3. The van der Waals surface area contributed by atoms with E-state index in [-0.39, 0.29) is 11.1 Å². The van der Waals surface area contributed by atoms with Gasteiger partial charge in [0.05, 0.1) is 10.6 Å². The number of rotatable bonds is 9. The number of hydrogen-bond acceptors (Lipinski definition) is 7. The summed E-state index contributed by atoms with van der Waals surface area (Å²) in [5.74, 6) is 1.55. The molecular formula is C24H29N5O2S. The molecule has 32 heavy (non-hydrogen) atoms. The minimum atomic E-state index is -0.376. The van der Waals surface area contributed by atoms with Gasteiger partial charge in [0.2, 0.25) is 5.95 Å². The molecule has 1 saturated heterocycles. The van der Waals surface area contributed by atoms with Crippen LogP contribution in [0.3, 0.4) is 0 Å². The SMILES string of the molecule is O=C1NC(=O)/C(=C\c2ccnc(NCC3CCC(CNCCc4ccccc4)CC3)n2)S1. The Balaban J connectivity index is 1.16. The molecule has 1 aromatic heterocycles. The maximum Gasteiger partial charge on any atom is 0.290 e. The molecule has 1 aromatic carbocycles. The molecule has 8 heteroatoms. The average molecular weight is 452 g/mol. The standard InChI is InChI=1S/C24H29N5O2S/c30-22-21(32-24(31)29-22)14-20-11-13-26-23(28-20)27-16-19-8-6-18(7-9-19)15-25-12-10-17-4-2-1-3-5-17/h1-5,11,13-14,18-19,25H,6-10,12,15-16H2,(H,26,27,28)(H,29,30,31)/b21-14+. The lowest BCUT2D eigenvalue weighted by molar-refractivity contribution is -0.115. The van der Waals surface area contributed by atoms with Gasteiger partial charge in [-0.3, -0.25) is 14.9 Å². The zero-order valence-corrected chi connectivity index (χ0v) is 18.9. The number of thioether (sulfide) groups is 1. The monoisotopic (exact) mass is 451 g/mol. The number of carbonyl (C=O) groups is 2. The second-order valence-corrected chi connectivity index (χ2v) is 9.38. The van der Waals surface area contributed by atoms with E-state index in [0.29, 0.717) is 22.5 Å². The van der Waals surface area contributed by atoms with Crippen LogP contribution in [0.2, 0.25) is 0 Å². The summed E-state index contributed by atoms with van der Waals surface area (Å²) >= 11 is 0.892. The summed E-state index contributed by atoms with van der Waals surface area (Å²) in [4.78, 5) is 32.1. The summed E-state index contributed by atoms with van der Waals surface area (Å²) in [7, 11) is 0. The van der Waals surface area contributed by atoms with Gasteiger partial charge in [-0.1, -0.05) is 30.3 Å². The first kappa shape index (κ1) is 22.5. The number of carbonyl (C=O) groups excluding carboxylic acids is 2. The summed E-state index contributed by atoms with van der Waals surface area (Å²) in [6.45, 7) is 2.98. The minimum Gasteiger partial charge on any atom is -0.354 e. The van der Waals surface area contributed by atoms with Crippen molar-refractivity contribution >= 4 is 34.9 Å². The third-order valence-corrected chi connectivity index (χ3v) is 6.79. The van der Waals surface area contributed by atoms with Gasteiger partial charge >= 0.3 is 0 Å². The van der Waals surface area contributed by atoms with E-state index < -0.39 is 0 Å². The van der Waals surface area contributed by atoms with E-state index in [1.165, 1.54) is 31.2 Å². The molecule has 168 valence electrons. The van der Waals surface area contributed by atoms with Gasteiger partial charge in [0.25, 0.3) is 11.1 Å². The van der Waals surface area contributed by atoms with Crippen LogP contribution in [0.15, 0.2) is 47.5 Å². The third kappa shape index (κ3) is 6.64. The Bertz CT molecular complexity index is 958. The highest BCUT2D eigenvalue weighted by Gasteiger charge is 2.25. The van der Waals surface area contributed by atoms with Crippen LogP contribution in [0.1, 0.15) is 36.9 Å². The fourth-order valence-electron chi connectivity index (χ4n) is 4.15. The van der Waals surface area contributed by atoms with Gasteiger partial charge in [-0.2, -0.15) is 0 Å². The van der Waals surface area contributed by atoms with Gasteiger partial charge in [0.1, 0.15) is 0 Å². The van der Waals surface area contributed by atoms with Crippen LogP contribution in [0.25, 0.3) is 6.08 Å². The fraction of sp³-hybridized carbons (Fsp3) is 0.417. The highest BCUT2D eigenvalue weighted by atomic mass is 32.2. The van der Waals surface area contributed by atoms with Crippen LogP contribution in [0.5, 0.6) is 0 Å². The van der Waals surface area contributed by atoms with E-state index in [4.69, 9.17) is 0 Å². The molecule has 3 N–H and O–H groups in total. The van der Waals surface area contributed by atoms with Crippen molar-refractivity contribution in [3.63, 3.8) is 0 Å². The predicted molar refractivity (Wildman–Crippen MR) is 128 cm³/mol. The zero-order valence-electron chi connectivity index (χ0n) is 18.0. The first-order chi connectivity index (χ1) is 15.7. The van der Waals surface area contributed by atoms with Gasteiger partial charge in [-0.25, -0.2) is 9.97 Å². The lowest BCUT2D eigenvalue weighted by Gasteiger charge is -2.28. The van der Waals surface area contributed by atoms with E-state index >= 15 is 0 Å². The van der Waals surface area contributed by atoms with Crippen LogP contribution < -0.4 is 16.0 Å². The normalized spacial score (nSPS) is 22.2. The Morgan fingerprint density at radius 2 is 1.78 bits per heavy atom. The first-order valence-corrected chi connectivity index (χ1v) is 12.0. The van der Waals surface area contributed by atoms with Gasteiger partial charge in [-0.15, -0.1) is 0 Å².